The van der Waals surface area contributed by atoms with Crippen LogP contribution in [0.25, 0.3) is 6.08 Å². The van der Waals surface area contributed by atoms with Gasteiger partial charge in [0.2, 0.25) is 0 Å². The fourth-order valence-electron chi connectivity index (χ4n) is 4.94. The zero-order chi connectivity index (χ0) is 18.7. The van der Waals surface area contributed by atoms with Crippen LogP contribution in [0, 0.1) is 0 Å². The van der Waals surface area contributed by atoms with Crippen molar-refractivity contribution < 1.29 is 14.3 Å². The monoisotopic (exact) mass is 369 g/mol. The smallest absolute Gasteiger partial charge is 0.407 e. The number of benzene rings is 1. The number of unbranched alkanes of at least 4 members (excludes halogenated alkanes) is 2. The Morgan fingerprint density at radius 1 is 1.26 bits per heavy atom. The summed E-state index contributed by atoms with van der Waals surface area (Å²) >= 11 is 0. The molecule has 2 fully saturated rings. The summed E-state index contributed by atoms with van der Waals surface area (Å²) in [5, 5.41) is 3.05. The van der Waals surface area contributed by atoms with Crippen molar-refractivity contribution in [3.8, 4) is 0 Å². The molecule has 4 heteroatoms. The van der Waals surface area contributed by atoms with E-state index in [9.17, 15) is 4.79 Å². The van der Waals surface area contributed by atoms with Crippen LogP contribution in [0.15, 0.2) is 23.8 Å². The molecule has 4 nitrogen and oxygen atoms in total. The predicted molar refractivity (Wildman–Crippen MR) is 107 cm³/mol. The van der Waals surface area contributed by atoms with E-state index in [0.717, 1.165) is 38.7 Å². The summed E-state index contributed by atoms with van der Waals surface area (Å²) in [5.74, 6) is 0.531. The number of hydrogen-bond acceptors (Lipinski definition) is 3. The third-order valence-corrected chi connectivity index (χ3v) is 6.52. The van der Waals surface area contributed by atoms with Gasteiger partial charge < -0.3 is 14.8 Å². The molecule has 1 aliphatic heterocycles. The van der Waals surface area contributed by atoms with Crippen molar-refractivity contribution in [1.29, 1.82) is 0 Å². The highest BCUT2D eigenvalue weighted by Crippen LogP contribution is 2.43. The van der Waals surface area contributed by atoms with Crippen LogP contribution in [0.1, 0.15) is 74.0 Å². The number of aryl methyl sites for hydroxylation is 1. The second-order valence-corrected chi connectivity index (χ2v) is 8.49. The standard InChI is InChI=1S/C23H31NO3/c1-26-12-4-2-3-5-17-6-7-19-14-20(9-8-18(19)13-17)21-10-11-23(15-21)16-27-22(25)24-23/h8-9,13-14,21H,2-7,10-12,15-16H2,1H3,(H,24,25)/t21-,23+/m0/s1. The molecule has 0 aromatic heterocycles. The zero-order valence-corrected chi connectivity index (χ0v) is 16.4. The van der Waals surface area contributed by atoms with Crippen molar-refractivity contribution >= 4 is 12.2 Å². The molecule has 2 atom stereocenters. The predicted octanol–water partition coefficient (Wildman–Crippen LogP) is 4.97. The van der Waals surface area contributed by atoms with Crippen LogP contribution >= 0.6 is 0 Å². The maximum absolute atomic E-state index is 11.5. The Kier molecular flexibility index (Phi) is 5.53. The van der Waals surface area contributed by atoms with Gasteiger partial charge >= 0.3 is 6.09 Å². The van der Waals surface area contributed by atoms with E-state index in [1.54, 1.807) is 12.7 Å². The van der Waals surface area contributed by atoms with E-state index in [1.165, 1.54) is 42.4 Å². The molecule has 27 heavy (non-hydrogen) atoms. The summed E-state index contributed by atoms with van der Waals surface area (Å²) in [6.45, 7) is 1.41. The highest BCUT2D eigenvalue weighted by Gasteiger charge is 2.45. The molecule has 1 saturated carbocycles. The number of fused-ring (bicyclic) bond motifs is 1. The summed E-state index contributed by atoms with van der Waals surface area (Å²) in [6, 6.07) is 7.03. The first-order valence-corrected chi connectivity index (χ1v) is 10.4. The SMILES string of the molecule is COCCCCCC1=Cc2ccc([C@H]3CC[C@]4(COC(=O)N4)C3)cc2CC1. The van der Waals surface area contributed by atoms with E-state index >= 15 is 0 Å². The van der Waals surface area contributed by atoms with Crippen molar-refractivity contribution in [2.24, 2.45) is 0 Å². The van der Waals surface area contributed by atoms with Gasteiger partial charge in [-0.25, -0.2) is 4.79 Å². The normalized spacial score (nSPS) is 26.6. The minimum absolute atomic E-state index is 0.118. The molecule has 3 aliphatic rings. The highest BCUT2D eigenvalue weighted by molar-refractivity contribution is 5.71. The molecule has 1 aromatic carbocycles. The van der Waals surface area contributed by atoms with E-state index in [2.05, 4.69) is 29.6 Å². The van der Waals surface area contributed by atoms with Crippen molar-refractivity contribution in [2.75, 3.05) is 20.3 Å². The Bertz CT molecular complexity index is 726. The lowest BCUT2D eigenvalue weighted by Crippen LogP contribution is -2.40. The Labute approximate surface area is 162 Å². The molecule has 0 bridgehead atoms. The Morgan fingerprint density at radius 2 is 2.19 bits per heavy atom. The first-order chi connectivity index (χ1) is 13.2. The summed E-state index contributed by atoms with van der Waals surface area (Å²) < 4.78 is 10.3. The van der Waals surface area contributed by atoms with Gasteiger partial charge in [-0.15, -0.1) is 0 Å². The van der Waals surface area contributed by atoms with Crippen LogP contribution in [0.3, 0.4) is 0 Å². The van der Waals surface area contributed by atoms with E-state index in [-0.39, 0.29) is 11.6 Å². The van der Waals surface area contributed by atoms with Crippen LogP contribution in [-0.2, 0) is 15.9 Å². The molecule has 1 N–H and O–H groups in total. The quantitative estimate of drug-likeness (QED) is 0.690. The molecule has 1 amide bonds. The van der Waals surface area contributed by atoms with Gasteiger partial charge in [0.15, 0.2) is 0 Å². The summed E-state index contributed by atoms with van der Waals surface area (Å²) in [4.78, 5) is 11.5. The molecule has 0 radical (unpaired) electrons. The van der Waals surface area contributed by atoms with Gasteiger partial charge in [-0.3, -0.25) is 0 Å². The number of alkyl carbamates (subject to hydrolysis) is 1. The number of methoxy groups -OCH3 is 1. The topological polar surface area (TPSA) is 47.6 Å². The van der Waals surface area contributed by atoms with E-state index < -0.39 is 0 Å². The van der Waals surface area contributed by atoms with E-state index in [1.807, 2.05) is 0 Å². The number of rotatable bonds is 7. The Morgan fingerprint density at radius 3 is 3.00 bits per heavy atom. The van der Waals surface area contributed by atoms with Crippen LogP contribution < -0.4 is 5.32 Å². The minimum atomic E-state index is -0.249. The number of hydrogen-bond donors (Lipinski definition) is 1. The zero-order valence-electron chi connectivity index (χ0n) is 16.4. The Hall–Kier alpha value is -1.81. The molecule has 1 aromatic rings. The first-order valence-electron chi connectivity index (χ1n) is 10.4. The molecule has 2 aliphatic carbocycles. The van der Waals surface area contributed by atoms with Crippen LogP contribution in [0.5, 0.6) is 0 Å². The fourth-order valence-corrected chi connectivity index (χ4v) is 4.94. The van der Waals surface area contributed by atoms with Gasteiger partial charge in [-0.2, -0.15) is 0 Å². The van der Waals surface area contributed by atoms with Gasteiger partial charge in [0.25, 0.3) is 0 Å². The fraction of sp³-hybridized carbons (Fsp3) is 0.609. The lowest BCUT2D eigenvalue weighted by Gasteiger charge is -2.22. The Balaban J connectivity index is 1.37. The molecular formula is C23H31NO3. The number of cyclic esters (lactones) is 1. The molecule has 0 unspecified atom stereocenters. The van der Waals surface area contributed by atoms with E-state index in [0.29, 0.717) is 12.5 Å². The molecule has 146 valence electrons. The highest BCUT2D eigenvalue weighted by atomic mass is 16.6. The number of carbonyl (C=O) groups is 1. The van der Waals surface area contributed by atoms with Crippen LogP contribution in [0.4, 0.5) is 4.79 Å². The average molecular weight is 370 g/mol. The summed E-state index contributed by atoms with van der Waals surface area (Å²) in [5.41, 5.74) is 5.81. The maximum atomic E-state index is 11.5. The molecule has 1 saturated heterocycles. The van der Waals surface area contributed by atoms with Gasteiger partial charge in [0, 0.05) is 13.7 Å². The van der Waals surface area contributed by atoms with Crippen LogP contribution in [0.2, 0.25) is 0 Å². The largest absolute Gasteiger partial charge is 0.447 e. The summed E-state index contributed by atoms with van der Waals surface area (Å²) in [7, 11) is 1.78. The summed E-state index contributed by atoms with van der Waals surface area (Å²) in [6.07, 6.45) is 12.6. The second kappa shape index (κ2) is 8.05. The molecule has 4 rings (SSSR count). The number of allylic oxidation sites excluding steroid dienone is 1. The molecular weight excluding hydrogens is 338 g/mol. The molecule has 1 heterocycles. The van der Waals surface area contributed by atoms with Gasteiger partial charge in [0.1, 0.15) is 6.61 Å². The minimum Gasteiger partial charge on any atom is -0.447 e. The second-order valence-electron chi connectivity index (χ2n) is 8.49. The van der Waals surface area contributed by atoms with Gasteiger partial charge in [0.05, 0.1) is 5.54 Å². The van der Waals surface area contributed by atoms with Crippen molar-refractivity contribution in [1.82, 2.24) is 5.32 Å². The maximum Gasteiger partial charge on any atom is 0.407 e. The van der Waals surface area contributed by atoms with Crippen molar-refractivity contribution in [3.63, 3.8) is 0 Å². The number of amides is 1. The third kappa shape index (κ3) is 4.21. The number of nitrogens with one attached hydrogen (secondary N) is 1. The first kappa shape index (κ1) is 18.5. The van der Waals surface area contributed by atoms with Gasteiger partial charge in [-0.1, -0.05) is 36.3 Å². The van der Waals surface area contributed by atoms with E-state index in [4.69, 9.17) is 9.47 Å². The number of carbonyl (C=O) groups excluding carboxylic acids is 1. The van der Waals surface area contributed by atoms with Crippen molar-refractivity contribution in [2.45, 2.75) is 69.2 Å². The van der Waals surface area contributed by atoms with Crippen molar-refractivity contribution in [3.05, 3.63) is 40.5 Å². The van der Waals surface area contributed by atoms with Gasteiger partial charge in [-0.05, 0) is 74.0 Å². The van der Waals surface area contributed by atoms with Crippen LogP contribution in [-0.4, -0.2) is 32.0 Å². The third-order valence-electron chi connectivity index (χ3n) is 6.52. The molecule has 1 spiro atoms. The number of ether oxygens (including phenoxy) is 2. The average Bonchev–Trinajstić information content (AvgIpc) is 3.27. The lowest BCUT2D eigenvalue weighted by atomic mass is 9.86. The lowest BCUT2D eigenvalue weighted by molar-refractivity contribution is 0.172.